The van der Waals surface area contributed by atoms with Crippen molar-refractivity contribution in [3.63, 3.8) is 0 Å². The maximum atomic E-state index is 14.8. The number of benzene rings is 2. The predicted molar refractivity (Wildman–Crippen MR) is 207 cm³/mol. The Balaban J connectivity index is 1.06. The number of nitrogens with zero attached hydrogens (tertiary/aromatic N) is 2. The summed E-state index contributed by atoms with van der Waals surface area (Å²) < 4.78 is 67.2. The number of para-hydroxylation sites is 1. The van der Waals surface area contributed by atoms with E-state index in [-0.39, 0.29) is 50.0 Å². The molecule has 3 aliphatic carbocycles. The van der Waals surface area contributed by atoms with Gasteiger partial charge in [0, 0.05) is 29.7 Å². The van der Waals surface area contributed by atoms with Crippen molar-refractivity contribution in [2.24, 2.45) is 5.92 Å². The van der Waals surface area contributed by atoms with E-state index in [0.29, 0.717) is 65.9 Å². The molecule has 1 saturated heterocycles. The van der Waals surface area contributed by atoms with E-state index in [9.17, 15) is 32.0 Å². The highest BCUT2D eigenvalue weighted by Crippen LogP contribution is 2.46. The lowest BCUT2D eigenvalue weighted by molar-refractivity contribution is -0.142. The largest absolute Gasteiger partial charge is 0.484 e. The first-order chi connectivity index (χ1) is 28.0. The minimum absolute atomic E-state index is 0.0862. The Morgan fingerprint density at radius 2 is 1.83 bits per heavy atom. The van der Waals surface area contributed by atoms with Gasteiger partial charge in [-0.1, -0.05) is 24.3 Å². The number of aromatic nitrogens is 1. The molecule has 9 rings (SSSR count). The Hall–Kier alpha value is -5.29. The molecular weight excluding hydrogens is 774 g/mol. The Labute approximate surface area is 333 Å². The van der Waals surface area contributed by atoms with E-state index in [1.54, 1.807) is 12.1 Å². The number of fused-ring (bicyclic) bond motifs is 6. The number of furan rings is 1. The maximum Gasteiger partial charge on any atom is 0.408 e. The minimum atomic E-state index is -3.95. The molecule has 3 saturated carbocycles. The number of carbonyl (C=O) groups excluding carboxylic acids is 4. The van der Waals surface area contributed by atoms with Crippen molar-refractivity contribution < 1.29 is 50.6 Å². The van der Waals surface area contributed by atoms with Gasteiger partial charge in [-0.15, -0.1) is 0 Å². The van der Waals surface area contributed by atoms with E-state index in [2.05, 4.69) is 15.4 Å². The van der Waals surface area contributed by atoms with Crippen LogP contribution < -0.4 is 20.1 Å². The number of nitrogens with one attached hydrogen (secondary N) is 3. The molecule has 0 unspecified atom stereocenters. The van der Waals surface area contributed by atoms with Crippen LogP contribution in [0.15, 0.2) is 59.0 Å². The van der Waals surface area contributed by atoms with Crippen LogP contribution in [-0.2, 0) is 33.9 Å². The van der Waals surface area contributed by atoms with Gasteiger partial charge >= 0.3 is 6.09 Å². The third-order valence-electron chi connectivity index (χ3n) is 11.8. The van der Waals surface area contributed by atoms with Gasteiger partial charge in [-0.05, 0) is 88.1 Å². The van der Waals surface area contributed by atoms with Crippen molar-refractivity contribution in [2.75, 3.05) is 19.8 Å². The zero-order valence-corrected chi connectivity index (χ0v) is 32.4. The number of allylic oxidation sites excluding steroid dienone is 1. The molecule has 3 N–H and O–H groups in total. The first-order valence-corrected chi connectivity index (χ1v) is 21.5. The van der Waals surface area contributed by atoms with Gasteiger partial charge in [0.1, 0.15) is 46.7 Å². The standard InChI is InChI=1S/C41H44FN5O10S/c42-24-13-16-30-29(18-24)35(36-34(43-30)28-11-5-6-12-33(28)57-36)55-26-19-32-37(48)45-41(39(50)46-58(52,53)27-14-15-27)20-23(41)8-2-1-7-17-54-22-31(38(49)47(32)21-26)44-40(51)56-25-9-3-4-10-25/h2,5-6,8,11-13,16,18,23,25-27,31-32H,1,3-4,7,9-10,14-15,17,19-22H2,(H,44,51)(H,45,48)(H,46,50)/t23-,26-,31+,32+,41-/m1/s1. The molecule has 15 nitrogen and oxygen atoms in total. The molecule has 17 heteroatoms. The predicted octanol–water partition coefficient (Wildman–Crippen LogP) is 4.51. The molecule has 4 aromatic rings. The quantitative estimate of drug-likeness (QED) is 0.222. The molecule has 2 aromatic heterocycles. The fourth-order valence-electron chi connectivity index (χ4n) is 8.43. The first-order valence-electron chi connectivity index (χ1n) is 20.0. The second-order valence-electron chi connectivity index (χ2n) is 16.0. The van der Waals surface area contributed by atoms with Crippen molar-refractivity contribution in [3.8, 4) is 5.75 Å². The summed E-state index contributed by atoms with van der Waals surface area (Å²) in [5, 5.41) is 5.88. The first kappa shape index (κ1) is 38.2. The highest BCUT2D eigenvalue weighted by molar-refractivity contribution is 7.91. The second-order valence-corrected chi connectivity index (χ2v) is 17.9. The zero-order valence-electron chi connectivity index (χ0n) is 31.6. The molecule has 2 aliphatic heterocycles. The van der Waals surface area contributed by atoms with Gasteiger partial charge in [-0.2, -0.15) is 0 Å². The molecule has 0 bridgehead atoms. The summed E-state index contributed by atoms with van der Waals surface area (Å²) in [5.41, 5.74) is 0.110. The van der Waals surface area contributed by atoms with Crippen LogP contribution in [0, 0.1) is 11.7 Å². The summed E-state index contributed by atoms with van der Waals surface area (Å²) in [6.07, 6.45) is 7.04. The Morgan fingerprint density at radius 1 is 1.02 bits per heavy atom. The summed E-state index contributed by atoms with van der Waals surface area (Å²) in [7, 11) is -3.95. The number of ether oxygens (including phenoxy) is 3. The summed E-state index contributed by atoms with van der Waals surface area (Å²) in [5.74, 6) is -3.08. The lowest BCUT2D eigenvalue weighted by Crippen LogP contribution is -2.59. The minimum Gasteiger partial charge on any atom is -0.484 e. The molecule has 0 spiro atoms. The number of hydrogen-bond acceptors (Lipinski definition) is 11. The van der Waals surface area contributed by atoms with Gasteiger partial charge in [-0.3, -0.25) is 19.1 Å². The molecule has 58 heavy (non-hydrogen) atoms. The fourth-order valence-corrected chi connectivity index (χ4v) is 9.79. The number of hydrogen-bond donors (Lipinski definition) is 3. The molecule has 0 radical (unpaired) electrons. The number of pyridine rings is 1. The Kier molecular flexibility index (Phi) is 9.98. The average Bonchev–Trinajstić information content (AvgIpc) is 4.01. The second kappa shape index (κ2) is 15.1. The van der Waals surface area contributed by atoms with Crippen molar-refractivity contribution in [1.29, 1.82) is 0 Å². The lowest BCUT2D eigenvalue weighted by Gasteiger charge is -2.29. The van der Waals surface area contributed by atoms with Crippen LogP contribution in [0.2, 0.25) is 0 Å². The third kappa shape index (κ3) is 7.45. The molecule has 306 valence electrons. The van der Waals surface area contributed by atoms with Crippen LogP contribution in [0.3, 0.4) is 0 Å². The highest BCUT2D eigenvalue weighted by atomic mass is 32.2. The van der Waals surface area contributed by atoms with E-state index in [1.807, 2.05) is 24.3 Å². The number of halogens is 1. The van der Waals surface area contributed by atoms with Gasteiger partial charge in [0.05, 0.1) is 23.9 Å². The SMILES string of the molecule is O=C(N[C@H]1COCCCC=C[C@@H]2C[C@@]2(C(=O)NS(=O)(=O)C2CC2)NC(=O)[C@@H]2C[C@@H](Oc3c4cc(F)ccc4nc4c3oc3ccccc34)CN2C1=O)OC1CCCC1. The van der Waals surface area contributed by atoms with E-state index < -0.39 is 74.5 Å². The molecule has 4 heterocycles. The molecule has 4 amide bonds. The summed E-state index contributed by atoms with van der Waals surface area (Å²) in [4.78, 5) is 62.2. The highest BCUT2D eigenvalue weighted by Gasteiger charge is 2.62. The van der Waals surface area contributed by atoms with Gasteiger partial charge in [-0.25, -0.2) is 22.6 Å². The number of alkyl carbamates (subject to hydrolysis) is 1. The van der Waals surface area contributed by atoms with E-state index in [0.717, 1.165) is 12.8 Å². The average molecular weight is 818 g/mol. The van der Waals surface area contributed by atoms with Crippen molar-refractivity contribution in [1.82, 2.24) is 25.2 Å². The normalized spacial score (nSPS) is 27.1. The van der Waals surface area contributed by atoms with Crippen LogP contribution in [0.5, 0.6) is 5.75 Å². The fraction of sp³-hybridized carbons (Fsp3) is 0.488. The number of amides is 4. The smallest absolute Gasteiger partial charge is 0.408 e. The number of carbonyl (C=O) groups is 4. The van der Waals surface area contributed by atoms with Crippen molar-refractivity contribution >= 4 is 66.8 Å². The van der Waals surface area contributed by atoms with Crippen LogP contribution >= 0.6 is 0 Å². The monoisotopic (exact) mass is 817 g/mol. The molecule has 4 fully saturated rings. The zero-order chi connectivity index (χ0) is 40.2. The topological polar surface area (TPSA) is 195 Å². The van der Waals surface area contributed by atoms with Crippen molar-refractivity contribution in [2.45, 2.75) is 99.3 Å². The molecular formula is C41H44FN5O10S. The Bertz CT molecular complexity index is 2450. The van der Waals surface area contributed by atoms with Gasteiger partial charge < -0.3 is 34.2 Å². The lowest BCUT2D eigenvalue weighted by atomic mass is 10.1. The molecule has 5 aliphatic rings. The Morgan fingerprint density at radius 3 is 2.64 bits per heavy atom. The molecule has 2 aromatic carbocycles. The van der Waals surface area contributed by atoms with Crippen LogP contribution in [0.25, 0.3) is 33.0 Å². The van der Waals surface area contributed by atoms with Crippen LogP contribution in [0.1, 0.15) is 64.2 Å². The van der Waals surface area contributed by atoms with Crippen LogP contribution in [-0.4, -0.2) is 97.0 Å². The van der Waals surface area contributed by atoms with Gasteiger partial charge in [0.25, 0.3) is 5.91 Å². The van der Waals surface area contributed by atoms with Crippen molar-refractivity contribution in [3.05, 3.63) is 60.4 Å². The van der Waals surface area contributed by atoms with Crippen LogP contribution in [0.4, 0.5) is 9.18 Å². The summed E-state index contributed by atoms with van der Waals surface area (Å²) >= 11 is 0. The summed E-state index contributed by atoms with van der Waals surface area (Å²) in [6, 6.07) is 8.87. The number of sulfonamides is 1. The number of rotatable bonds is 7. The van der Waals surface area contributed by atoms with E-state index in [4.69, 9.17) is 23.6 Å². The maximum absolute atomic E-state index is 14.8. The van der Waals surface area contributed by atoms with E-state index >= 15 is 0 Å². The van der Waals surface area contributed by atoms with Gasteiger partial charge in [0.15, 0.2) is 11.3 Å². The third-order valence-corrected chi connectivity index (χ3v) is 13.6. The molecule has 5 atom stereocenters. The van der Waals surface area contributed by atoms with Gasteiger partial charge in [0.2, 0.25) is 21.8 Å². The van der Waals surface area contributed by atoms with E-state index in [1.165, 1.54) is 23.1 Å². The summed E-state index contributed by atoms with van der Waals surface area (Å²) in [6.45, 7) is -0.123.